The van der Waals surface area contributed by atoms with Crippen LogP contribution in [0.1, 0.15) is 0 Å². The average molecular weight is 1530 g/mol. The highest BCUT2D eigenvalue weighted by atomic mass is 16.3. The SMILES string of the molecule is c1ccc(-c2ccc(-c3nc(-c4ccc(-n5c6ccc7ccccc7c6c6c7ccccc7ccc65)cc4)nc(-c4cccc5c4oc4ccccc45)n3)cc2)cc1.c1ccc(-n2c3ccccc3c3cc(-c4nc(-c5ccc(-n6c7ccc8ccccc8c7c7c8ccccc8ccc76)cc5)nc(-c5ccc6ccccc6c5)n4)ccc32)cc1. The predicted octanol–water partition coefficient (Wildman–Crippen LogP) is 28.4. The van der Waals surface area contributed by atoms with E-state index in [1.165, 1.54) is 97.5 Å². The van der Waals surface area contributed by atoms with Crippen LogP contribution in [0.2, 0.25) is 0 Å². The quantitative estimate of drug-likeness (QED) is 0.134. The fourth-order valence-electron chi connectivity index (χ4n) is 18.4. The van der Waals surface area contributed by atoms with Gasteiger partial charge in [0.05, 0.1) is 38.7 Å². The van der Waals surface area contributed by atoms with Gasteiger partial charge in [-0.25, -0.2) is 29.9 Å². The van der Waals surface area contributed by atoms with Gasteiger partial charge >= 0.3 is 0 Å². The molecule has 0 unspecified atom stereocenters. The molecule has 0 aliphatic heterocycles. The van der Waals surface area contributed by atoms with Crippen molar-refractivity contribution in [1.29, 1.82) is 0 Å². The summed E-state index contributed by atoms with van der Waals surface area (Å²) in [5.74, 6) is 3.62. The van der Waals surface area contributed by atoms with Gasteiger partial charge in [0, 0.05) is 88.0 Å². The van der Waals surface area contributed by atoms with E-state index in [2.05, 4.69) is 384 Å². The Labute approximate surface area is 687 Å². The van der Waals surface area contributed by atoms with Gasteiger partial charge in [-0.15, -0.1) is 0 Å². The Balaban J connectivity index is 0.000000137. The summed E-state index contributed by atoms with van der Waals surface area (Å²) in [7, 11) is 0. The number of fused-ring (bicyclic) bond motifs is 21. The molecule has 0 saturated heterocycles. The molecule has 558 valence electrons. The Morgan fingerprint density at radius 2 is 0.500 bits per heavy atom. The lowest BCUT2D eigenvalue weighted by molar-refractivity contribution is 0.669. The van der Waals surface area contributed by atoms with E-state index in [1.807, 2.05) is 36.4 Å². The maximum absolute atomic E-state index is 6.47. The van der Waals surface area contributed by atoms with Crippen LogP contribution in [0.3, 0.4) is 0 Å². The molecule has 0 bridgehead atoms. The molecule has 25 aromatic rings. The van der Waals surface area contributed by atoms with Crippen molar-refractivity contribution in [3.8, 4) is 96.5 Å². The van der Waals surface area contributed by atoms with Crippen LogP contribution in [0, 0.1) is 0 Å². The molecule has 10 heteroatoms. The van der Waals surface area contributed by atoms with Crippen molar-refractivity contribution < 1.29 is 4.42 Å². The number of aromatic nitrogens is 9. The molecule has 0 atom stereocenters. The molecule has 25 rings (SSSR count). The van der Waals surface area contributed by atoms with Gasteiger partial charge in [0.15, 0.2) is 34.9 Å². The van der Waals surface area contributed by atoms with E-state index >= 15 is 0 Å². The minimum Gasteiger partial charge on any atom is -0.455 e. The van der Waals surface area contributed by atoms with Gasteiger partial charge in [-0.3, -0.25) is 0 Å². The van der Waals surface area contributed by atoms with E-state index in [0.29, 0.717) is 34.9 Å². The number of rotatable bonds is 10. The van der Waals surface area contributed by atoms with E-state index < -0.39 is 0 Å². The Morgan fingerprint density at radius 1 is 0.175 bits per heavy atom. The third kappa shape index (κ3) is 11.3. The second-order valence-corrected chi connectivity index (χ2v) is 30.8. The van der Waals surface area contributed by atoms with Gasteiger partial charge in [0.1, 0.15) is 11.2 Å². The summed E-state index contributed by atoms with van der Waals surface area (Å²) in [6.45, 7) is 0. The molecule has 10 nitrogen and oxygen atoms in total. The second-order valence-electron chi connectivity index (χ2n) is 30.8. The van der Waals surface area contributed by atoms with E-state index in [0.717, 1.165) is 105 Å². The Hall–Kier alpha value is -16.3. The van der Waals surface area contributed by atoms with Crippen molar-refractivity contribution in [2.75, 3.05) is 0 Å². The molecule has 6 heterocycles. The third-order valence-corrected chi connectivity index (χ3v) is 24.0. The standard InChI is InChI=1S/C57H35N5.C53H32N4O/c1-2-16-43(17-3-1)61-49-21-11-10-20-47(49)48-35-42(28-31-50(48)61)57-59-55(58-56(60-57)41-23-22-36-12-4-5-15-40(36)34-41)39-24-29-44(30-25-39)62-51-32-26-37-13-6-8-18-45(37)53(51)54-46-19-9-7-14-38(46)27-33-52(54)62;1-2-11-33(12-3-1)34-21-23-37(24-22-34)51-54-52(56-53(55-51)44-19-10-18-43-42-17-8-9-20-47(42)58-50(43)44)38-25-29-39(30-26-38)57-45-31-27-35-13-4-6-15-40(35)48(45)49-41-16-7-5-14-36(41)28-32-46(49)57/h1-35H;1-32H. The third-order valence-electron chi connectivity index (χ3n) is 24.0. The fourth-order valence-corrected chi connectivity index (χ4v) is 18.4. The van der Waals surface area contributed by atoms with Crippen LogP contribution in [0.5, 0.6) is 0 Å². The maximum Gasteiger partial charge on any atom is 0.167 e. The Bertz CT molecular complexity index is 8270. The summed E-state index contributed by atoms with van der Waals surface area (Å²) in [6, 6.07) is 144. The maximum atomic E-state index is 6.47. The number of hydrogen-bond acceptors (Lipinski definition) is 7. The van der Waals surface area contributed by atoms with Crippen molar-refractivity contribution >= 4 is 141 Å². The van der Waals surface area contributed by atoms with Crippen LogP contribution in [0.15, 0.2) is 411 Å². The van der Waals surface area contributed by atoms with Gasteiger partial charge in [-0.2, -0.15) is 0 Å². The first-order chi connectivity index (χ1) is 59.5. The van der Waals surface area contributed by atoms with Gasteiger partial charge < -0.3 is 18.1 Å². The first kappa shape index (κ1) is 68.1. The molecule has 0 saturated carbocycles. The van der Waals surface area contributed by atoms with Crippen LogP contribution in [0.25, 0.3) is 238 Å². The van der Waals surface area contributed by atoms with Gasteiger partial charge in [0.25, 0.3) is 0 Å². The zero-order chi connectivity index (χ0) is 78.9. The lowest BCUT2D eigenvalue weighted by Crippen LogP contribution is -2.01. The first-order valence-corrected chi connectivity index (χ1v) is 40.5. The van der Waals surface area contributed by atoms with Crippen LogP contribution in [-0.4, -0.2) is 43.6 Å². The molecule has 19 aromatic carbocycles. The number of furan rings is 1. The number of benzene rings is 19. The summed E-state index contributed by atoms with van der Waals surface area (Å²) in [5.41, 5.74) is 19.5. The second kappa shape index (κ2) is 27.7. The molecule has 0 aliphatic carbocycles. The van der Waals surface area contributed by atoms with Crippen molar-refractivity contribution in [2.24, 2.45) is 0 Å². The molecular formula is C110H67N9O. The van der Waals surface area contributed by atoms with Crippen LogP contribution in [0.4, 0.5) is 0 Å². The lowest BCUT2D eigenvalue weighted by atomic mass is 10.00. The summed E-state index contributed by atoms with van der Waals surface area (Å²) in [4.78, 5) is 31.0. The largest absolute Gasteiger partial charge is 0.455 e. The van der Waals surface area contributed by atoms with E-state index in [1.54, 1.807) is 0 Å². The highest BCUT2D eigenvalue weighted by Gasteiger charge is 2.24. The molecule has 0 spiro atoms. The van der Waals surface area contributed by atoms with Crippen molar-refractivity contribution in [1.82, 2.24) is 43.6 Å². The molecule has 120 heavy (non-hydrogen) atoms. The highest BCUT2D eigenvalue weighted by Crippen LogP contribution is 2.45. The molecule has 0 fully saturated rings. The minimum absolute atomic E-state index is 0.557. The normalized spacial score (nSPS) is 11.8. The number of hydrogen-bond donors (Lipinski definition) is 0. The summed E-state index contributed by atoms with van der Waals surface area (Å²) < 4.78 is 13.6. The minimum atomic E-state index is 0.557. The molecule has 0 amide bonds. The Kier molecular flexibility index (Phi) is 15.7. The summed E-state index contributed by atoms with van der Waals surface area (Å²) >= 11 is 0. The van der Waals surface area contributed by atoms with Crippen molar-refractivity contribution in [3.63, 3.8) is 0 Å². The van der Waals surface area contributed by atoms with E-state index in [9.17, 15) is 0 Å². The smallest absolute Gasteiger partial charge is 0.167 e. The average Bonchev–Trinajstić information content (AvgIpc) is 1.57. The molecule has 0 N–H and O–H groups in total. The number of para-hydroxylation sites is 4. The van der Waals surface area contributed by atoms with Crippen molar-refractivity contribution in [3.05, 3.63) is 406 Å². The topological polar surface area (TPSA) is 105 Å². The van der Waals surface area contributed by atoms with E-state index in [4.69, 9.17) is 34.3 Å². The Morgan fingerprint density at radius 3 is 1.02 bits per heavy atom. The van der Waals surface area contributed by atoms with Gasteiger partial charge in [-0.05, 0) is 192 Å². The van der Waals surface area contributed by atoms with Gasteiger partial charge in [0.2, 0.25) is 0 Å². The summed E-state index contributed by atoms with van der Waals surface area (Å²) in [5, 5.41) is 21.7. The van der Waals surface area contributed by atoms with Crippen LogP contribution < -0.4 is 0 Å². The highest BCUT2D eigenvalue weighted by molar-refractivity contribution is 6.30. The van der Waals surface area contributed by atoms with Crippen LogP contribution in [-0.2, 0) is 0 Å². The fraction of sp³-hybridized carbons (Fsp3) is 0. The number of nitrogens with zero attached hydrogens (tertiary/aromatic N) is 9. The zero-order valence-corrected chi connectivity index (χ0v) is 64.6. The molecule has 0 radical (unpaired) electrons. The zero-order valence-electron chi connectivity index (χ0n) is 64.6. The van der Waals surface area contributed by atoms with E-state index in [-0.39, 0.29) is 0 Å². The van der Waals surface area contributed by atoms with Crippen molar-refractivity contribution in [2.45, 2.75) is 0 Å². The molecule has 6 aromatic heterocycles. The predicted molar refractivity (Wildman–Crippen MR) is 496 cm³/mol. The lowest BCUT2D eigenvalue weighted by Gasteiger charge is -2.12. The molecular weight excluding hydrogens is 1460 g/mol. The molecule has 0 aliphatic rings. The monoisotopic (exact) mass is 1530 g/mol. The van der Waals surface area contributed by atoms with Gasteiger partial charge in [-0.1, -0.05) is 279 Å². The summed E-state index contributed by atoms with van der Waals surface area (Å²) in [6.07, 6.45) is 0. The first-order valence-electron chi connectivity index (χ1n) is 40.5. The van der Waals surface area contributed by atoms with Crippen LogP contribution >= 0.6 is 0 Å².